The molecule has 0 saturated heterocycles. The Hall–Kier alpha value is -6.10. The molecular weight excluding hydrogens is 753 g/mol. The predicted octanol–water partition coefficient (Wildman–Crippen LogP) is 7.93. The molecule has 0 aliphatic carbocycles. The topological polar surface area (TPSA) is 126 Å². The van der Waals surface area contributed by atoms with Crippen molar-refractivity contribution in [1.29, 1.82) is 0 Å². The van der Waals surface area contributed by atoms with Crippen molar-refractivity contribution in [3.8, 4) is 11.1 Å². The normalized spacial score (nSPS) is 14.4. The van der Waals surface area contributed by atoms with Crippen molar-refractivity contribution >= 4 is 29.4 Å². The molecule has 1 aliphatic heterocycles. The lowest BCUT2D eigenvalue weighted by atomic mass is 9.98. The van der Waals surface area contributed by atoms with E-state index >= 15 is 0 Å². The van der Waals surface area contributed by atoms with Gasteiger partial charge in [0.05, 0.1) is 19.3 Å². The molecule has 0 unspecified atom stereocenters. The quantitative estimate of drug-likeness (QED) is 0.0572. The van der Waals surface area contributed by atoms with Crippen LogP contribution in [-0.2, 0) is 50.0 Å². The van der Waals surface area contributed by atoms with Gasteiger partial charge >= 0.3 is 5.97 Å². The molecule has 0 radical (unpaired) electrons. The monoisotopic (exact) mass is 808 g/mol. The van der Waals surface area contributed by atoms with Crippen LogP contribution in [-0.4, -0.2) is 54.5 Å². The summed E-state index contributed by atoms with van der Waals surface area (Å²) in [6, 6.07) is 42.0. The average Bonchev–Trinajstić information content (AvgIpc) is 3.39. The van der Waals surface area contributed by atoms with Crippen molar-refractivity contribution in [2.45, 2.75) is 90.3 Å². The Morgan fingerprint density at radius 1 is 0.783 bits per heavy atom. The third-order valence-corrected chi connectivity index (χ3v) is 10.6. The minimum Gasteiger partial charge on any atom is -0.461 e. The number of rotatable bonds is 19. The van der Waals surface area contributed by atoms with Crippen molar-refractivity contribution in [2.24, 2.45) is 0 Å². The van der Waals surface area contributed by atoms with Crippen LogP contribution in [0, 0.1) is 0 Å². The number of nitrogens with one attached hydrogen (secondary N) is 3. The van der Waals surface area contributed by atoms with Crippen molar-refractivity contribution in [1.82, 2.24) is 16.0 Å². The number of para-hydroxylation sites is 1. The van der Waals surface area contributed by atoms with E-state index in [0.717, 1.165) is 39.1 Å². The zero-order chi connectivity index (χ0) is 42.3. The molecule has 1 aliphatic rings. The Morgan fingerprint density at radius 2 is 1.43 bits per heavy atom. The highest BCUT2D eigenvalue weighted by molar-refractivity contribution is 6.01. The summed E-state index contributed by atoms with van der Waals surface area (Å²) in [7, 11) is 0. The Bertz CT molecular complexity index is 2190. The van der Waals surface area contributed by atoms with Crippen LogP contribution < -0.4 is 20.9 Å². The van der Waals surface area contributed by atoms with Crippen LogP contribution in [0.4, 0.5) is 5.69 Å². The third-order valence-electron chi connectivity index (χ3n) is 10.6. The number of amides is 3. The Balaban J connectivity index is 1.03. The molecule has 0 spiro atoms. The largest absolute Gasteiger partial charge is 0.461 e. The highest BCUT2D eigenvalue weighted by atomic mass is 16.5. The van der Waals surface area contributed by atoms with Crippen molar-refractivity contribution in [3.05, 3.63) is 161 Å². The fraction of sp³-hybridized carbons (Fsp3) is 0.320. The van der Waals surface area contributed by atoms with Gasteiger partial charge in [-0.3, -0.25) is 19.2 Å². The van der Waals surface area contributed by atoms with Crippen molar-refractivity contribution < 1.29 is 28.7 Å². The van der Waals surface area contributed by atoms with Gasteiger partial charge in [-0.1, -0.05) is 121 Å². The molecule has 6 rings (SSSR count). The lowest BCUT2D eigenvalue weighted by molar-refractivity contribution is -0.145. The highest BCUT2D eigenvalue weighted by Gasteiger charge is 2.33. The molecule has 10 heteroatoms. The number of fused-ring (bicyclic) bond motifs is 1. The summed E-state index contributed by atoms with van der Waals surface area (Å²) in [5.41, 5.74) is 6.46. The van der Waals surface area contributed by atoms with Gasteiger partial charge < -0.3 is 30.3 Å². The highest BCUT2D eigenvalue weighted by Crippen LogP contribution is 2.30. The third kappa shape index (κ3) is 12.7. The number of carbonyl (C=O) groups is 4. The maximum absolute atomic E-state index is 14.3. The standard InChI is InChI=1S/C50H56N4O6/c1-36(59-34-38-15-6-4-7-16-38)32-52-50(2,3)31-46(55)53-44-29-28-41-19-10-13-22-45(41)54(49(44)58)33-37-24-26-40(27-25-37)42-20-11-12-21-43(42)48(57)51-30-14-23-47(56)60-35-39-17-8-5-9-18-39/h4-13,15-22,24-27,36,44,52H,14,23,28-35H2,1-3H3,(H,51,57)(H,53,55)/t36-,44-/m1/s1. The van der Waals surface area contributed by atoms with Gasteiger partial charge in [-0.2, -0.15) is 0 Å². The van der Waals surface area contributed by atoms with Crippen LogP contribution in [0.2, 0.25) is 0 Å². The van der Waals surface area contributed by atoms with Crippen LogP contribution in [0.3, 0.4) is 0 Å². The second kappa shape index (κ2) is 21.2. The van der Waals surface area contributed by atoms with Gasteiger partial charge in [-0.25, -0.2) is 0 Å². The molecule has 2 atom stereocenters. The summed E-state index contributed by atoms with van der Waals surface area (Å²) in [6.07, 6.45) is 1.94. The van der Waals surface area contributed by atoms with E-state index in [1.54, 1.807) is 11.0 Å². The summed E-state index contributed by atoms with van der Waals surface area (Å²) in [4.78, 5) is 55.1. The predicted molar refractivity (Wildman–Crippen MR) is 235 cm³/mol. The van der Waals surface area contributed by atoms with Crippen LogP contribution in [0.25, 0.3) is 11.1 Å². The van der Waals surface area contributed by atoms with Gasteiger partial charge in [0.1, 0.15) is 12.6 Å². The number of anilines is 1. The lowest BCUT2D eigenvalue weighted by Crippen LogP contribution is -2.51. The molecule has 0 aromatic heterocycles. The molecular formula is C50H56N4O6. The van der Waals surface area contributed by atoms with E-state index in [-0.39, 0.29) is 49.2 Å². The first-order valence-electron chi connectivity index (χ1n) is 20.8. The van der Waals surface area contributed by atoms with Crippen molar-refractivity contribution in [3.63, 3.8) is 0 Å². The number of carbonyl (C=O) groups excluding carboxylic acids is 4. The number of nitrogens with zero attached hydrogens (tertiary/aromatic N) is 1. The number of hydrogen-bond donors (Lipinski definition) is 3. The molecule has 10 nitrogen and oxygen atoms in total. The summed E-state index contributed by atoms with van der Waals surface area (Å²) in [5, 5.41) is 9.49. The summed E-state index contributed by atoms with van der Waals surface area (Å²) in [6.45, 7) is 7.94. The Kier molecular flexibility index (Phi) is 15.4. The number of hydrogen-bond acceptors (Lipinski definition) is 7. The molecule has 0 fully saturated rings. The summed E-state index contributed by atoms with van der Waals surface area (Å²) in [5.74, 6) is -0.882. The first kappa shape index (κ1) is 43.5. The molecule has 5 aromatic carbocycles. The number of aryl methyl sites for hydroxylation is 1. The van der Waals surface area contributed by atoms with E-state index in [4.69, 9.17) is 9.47 Å². The molecule has 0 saturated carbocycles. The van der Waals surface area contributed by atoms with Gasteiger partial charge in [0.15, 0.2) is 0 Å². The van der Waals surface area contributed by atoms with Gasteiger partial charge in [-0.15, -0.1) is 0 Å². The molecule has 60 heavy (non-hydrogen) atoms. The summed E-state index contributed by atoms with van der Waals surface area (Å²) >= 11 is 0. The van der Waals surface area contributed by atoms with Gasteiger partial charge in [-0.05, 0) is 85.5 Å². The zero-order valence-corrected chi connectivity index (χ0v) is 34.8. The first-order chi connectivity index (χ1) is 29.0. The Morgan fingerprint density at radius 3 is 2.17 bits per heavy atom. The van der Waals surface area contributed by atoms with Crippen molar-refractivity contribution in [2.75, 3.05) is 18.0 Å². The second-order valence-electron chi connectivity index (χ2n) is 16.0. The minimum absolute atomic E-state index is 0.0580. The lowest BCUT2D eigenvalue weighted by Gasteiger charge is -2.30. The maximum Gasteiger partial charge on any atom is 0.306 e. The van der Waals surface area contributed by atoms with Gasteiger partial charge in [0.2, 0.25) is 11.8 Å². The fourth-order valence-corrected chi connectivity index (χ4v) is 7.26. The molecule has 3 N–H and O–H groups in total. The summed E-state index contributed by atoms with van der Waals surface area (Å²) < 4.78 is 11.4. The number of esters is 1. The van der Waals surface area contributed by atoms with Crippen LogP contribution >= 0.6 is 0 Å². The number of benzene rings is 5. The minimum atomic E-state index is -0.682. The molecule has 312 valence electrons. The average molecular weight is 809 g/mol. The van der Waals surface area contributed by atoms with E-state index in [9.17, 15) is 19.2 Å². The SMILES string of the molecule is C[C@H](CNC(C)(C)CC(=O)N[C@@H]1CCc2ccccc2N(Cc2ccc(-c3ccccc3C(=O)NCCCC(=O)OCc3ccccc3)cc2)C1=O)OCc1ccccc1. The van der Waals surface area contributed by atoms with Crippen LogP contribution in [0.5, 0.6) is 0 Å². The number of ether oxygens (including phenoxy) is 2. The van der Waals surface area contributed by atoms with Crippen LogP contribution in [0.15, 0.2) is 133 Å². The maximum atomic E-state index is 14.3. The molecule has 1 heterocycles. The second-order valence-corrected chi connectivity index (χ2v) is 16.0. The van der Waals surface area contributed by atoms with E-state index in [1.165, 1.54) is 0 Å². The van der Waals surface area contributed by atoms with Gasteiger partial charge in [0.25, 0.3) is 5.91 Å². The fourth-order valence-electron chi connectivity index (χ4n) is 7.26. The Labute approximate surface area is 353 Å². The zero-order valence-electron chi connectivity index (χ0n) is 34.8. The van der Waals surface area contributed by atoms with E-state index < -0.39 is 11.6 Å². The first-order valence-corrected chi connectivity index (χ1v) is 20.8. The van der Waals surface area contributed by atoms with E-state index in [2.05, 4.69) is 16.0 Å². The molecule has 3 amide bonds. The van der Waals surface area contributed by atoms with E-state index in [0.29, 0.717) is 51.1 Å². The molecule has 5 aromatic rings. The van der Waals surface area contributed by atoms with Gasteiger partial charge in [0, 0.05) is 42.7 Å². The smallest absolute Gasteiger partial charge is 0.306 e. The van der Waals surface area contributed by atoms with Crippen LogP contribution in [0.1, 0.15) is 79.1 Å². The molecule has 0 bridgehead atoms. The van der Waals surface area contributed by atoms with E-state index in [1.807, 2.05) is 148 Å².